The summed E-state index contributed by atoms with van der Waals surface area (Å²) in [6, 6.07) is 16.6. The maximum Gasteiger partial charge on any atom is 0.252 e. The van der Waals surface area contributed by atoms with Crippen molar-refractivity contribution in [3.05, 3.63) is 59.7 Å². The number of carbonyl (C=O) groups is 1. The van der Waals surface area contributed by atoms with E-state index in [9.17, 15) is 9.90 Å². The van der Waals surface area contributed by atoms with Gasteiger partial charge in [-0.3, -0.25) is 4.79 Å². The van der Waals surface area contributed by atoms with Gasteiger partial charge in [0.25, 0.3) is 5.91 Å². The molecule has 1 fully saturated rings. The van der Waals surface area contributed by atoms with Crippen molar-refractivity contribution in [3.8, 4) is 0 Å². The molecule has 5 aromatic rings. The van der Waals surface area contributed by atoms with E-state index >= 15 is 0 Å². The van der Waals surface area contributed by atoms with Gasteiger partial charge in [-0.2, -0.15) is 0 Å². The number of rotatable bonds is 1. The zero-order valence-corrected chi connectivity index (χ0v) is 19.0. The molecule has 0 aliphatic carbocycles. The topological polar surface area (TPSA) is 85.0 Å². The smallest absolute Gasteiger partial charge is 0.252 e. The highest BCUT2D eigenvalue weighted by atomic mass is 16.6. The summed E-state index contributed by atoms with van der Waals surface area (Å²) < 4.78 is 11.4. The molecular formula is C27H25N4O3+. The highest BCUT2D eigenvalue weighted by molar-refractivity contribution is 6.31. The van der Waals surface area contributed by atoms with E-state index in [1.54, 1.807) is 0 Å². The van der Waals surface area contributed by atoms with Gasteiger partial charge in [-0.25, -0.2) is 0 Å². The zero-order chi connectivity index (χ0) is 22.9. The minimum atomic E-state index is -0.960. The van der Waals surface area contributed by atoms with Crippen LogP contribution in [0.3, 0.4) is 0 Å². The lowest BCUT2D eigenvalue weighted by atomic mass is 9.93. The van der Waals surface area contributed by atoms with Crippen LogP contribution in [-0.4, -0.2) is 39.3 Å². The number of quaternary nitrogens is 1. The SMILES string of the molecule is C[NH2+][C@@H]1C[C@H]2O[C@@](C)([C@@H]1O)n1c3ccccc3c3c4c(c5c6ccccc6n2c5c31)C(=O)NC4. The third kappa shape index (κ3) is 1.92. The molecule has 1 amide bonds. The molecule has 4 atom stereocenters. The van der Waals surface area contributed by atoms with Crippen molar-refractivity contribution >= 4 is 49.5 Å². The predicted molar refractivity (Wildman–Crippen MR) is 130 cm³/mol. The molecule has 0 saturated carbocycles. The van der Waals surface area contributed by atoms with Gasteiger partial charge in [-0.15, -0.1) is 0 Å². The molecular weight excluding hydrogens is 428 g/mol. The Kier molecular flexibility index (Phi) is 3.34. The van der Waals surface area contributed by atoms with Crippen molar-refractivity contribution in [2.75, 3.05) is 7.05 Å². The number of amides is 1. The predicted octanol–water partition coefficient (Wildman–Crippen LogP) is 2.67. The maximum absolute atomic E-state index is 13.3. The molecule has 34 heavy (non-hydrogen) atoms. The first-order valence-corrected chi connectivity index (χ1v) is 12.0. The summed E-state index contributed by atoms with van der Waals surface area (Å²) in [7, 11) is 2.02. The van der Waals surface area contributed by atoms with Crippen LogP contribution >= 0.6 is 0 Å². The quantitative estimate of drug-likeness (QED) is 0.365. The number of para-hydroxylation sites is 2. The maximum atomic E-state index is 13.3. The number of aliphatic hydroxyl groups is 1. The van der Waals surface area contributed by atoms with Gasteiger partial charge in [-0.1, -0.05) is 36.4 Å². The van der Waals surface area contributed by atoms with Gasteiger partial charge in [0.2, 0.25) is 0 Å². The Hall–Kier alpha value is -3.39. The number of carbonyl (C=O) groups excluding carboxylic acids is 1. The van der Waals surface area contributed by atoms with Crippen molar-refractivity contribution in [2.45, 2.75) is 44.0 Å². The summed E-state index contributed by atoms with van der Waals surface area (Å²) in [4.78, 5) is 13.3. The third-order valence-electron chi connectivity index (χ3n) is 8.48. The number of benzene rings is 3. The second-order valence-corrected chi connectivity index (χ2v) is 10.0. The summed E-state index contributed by atoms with van der Waals surface area (Å²) in [6.45, 7) is 2.52. The second-order valence-electron chi connectivity index (χ2n) is 10.0. The summed E-state index contributed by atoms with van der Waals surface area (Å²) in [5.41, 5.74) is 5.01. The summed E-state index contributed by atoms with van der Waals surface area (Å²) >= 11 is 0. The average Bonchev–Trinajstić information content (AvgIpc) is 3.48. The molecule has 1 saturated heterocycles. The van der Waals surface area contributed by atoms with Crippen molar-refractivity contribution < 1.29 is 20.0 Å². The van der Waals surface area contributed by atoms with Crippen LogP contribution in [0.5, 0.6) is 0 Å². The number of aliphatic hydroxyl groups excluding tert-OH is 1. The van der Waals surface area contributed by atoms with Crippen molar-refractivity contribution in [2.24, 2.45) is 0 Å². The van der Waals surface area contributed by atoms with E-state index in [1.165, 1.54) is 0 Å². The number of likely N-dealkylation sites (N-methyl/N-ethyl adjacent to an activating group) is 1. The fourth-order valence-corrected chi connectivity index (χ4v) is 7.05. The molecule has 0 unspecified atom stereocenters. The summed E-state index contributed by atoms with van der Waals surface area (Å²) in [5, 5.41) is 21.1. The van der Waals surface area contributed by atoms with Gasteiger partial charge in [0.05, 0.1) is 34.7 Å². The Labute approximate surface area is 194 Å². The Bertz CT molecular complexity index is 1730. The highest BCUT2D eigenvalue weighted by Crippen LogP contribution is 2.52. The van der Waals surface area contributed by atoms with Gasteiger partial charge in [0.15, 0.2) is 11.8 Å². The Morgan fingerprint density at radius 3 is 2.53 bits per heavy atom. The van der Waals surface area contributed by atoms with E-state index in [4.69, 9.17) is 4.74 Å². The van der Waals surface area contributed by atoms with Crippen LogP contribution in [0, 0.1) is 0 Å². The molecule has 7 nitrogen and oxygen atoms in total. The van der Waals surface area contributed by atoms with Gasteiger partial charge >= 0.3 is 0 Å². The Morgan fingerprint density at radius 1 is 1.06 bits per heavy atom. The molecule has 5 heterocycles. The van der Waals surface area contributed by atoms with Crippen LogP contribution in [-0.2, 0) is 17.0 Å². The van der Waals surface area contributed by atoms with E-state index in [0.717, 1.165) is 54.7 Å². The van der Waals surface area contributed by atoms with Crippen LogP contribution < -0.4 is 10.6 Å². The van der Waals surface area contributed by atoms with Gasteiger partial charge in [0, 0.05) is 34.5 Å². The second kappa shape index (κ2) is 5.99. The summed E-state index contributed by atoms with van der Waals surface area (Å²) in [6.07, 6.45) is -0.290. The Balaban J connectivity index is 1.74. The number of hydrogen-bond acceptors (Lipinski definition) is 3. The van der Waals surface area contributed by atoms with Crippen molar-refractivity contribution in [3.63, 3.8) is 0 Å². The first-order valence-electron chi connectivity index (χ1n) is 12.0. The lowest BCUT2D eigenvalue weighted by Crippen LogP contribution is -2.91. The molecule has 3 aliphatic rings. The minimum absolute atomic E-state index is 0.0178. The van der Waals surface area contributed by atoms with Gasteiger partial charge < -0.3 is 29.6 Å². The fourth-order valence-electron chi connectivity index (χ4n) is 7.05. The van der Waals surface area contributed by atoms with Crippen LogP contribution in [0.2, 0.25) is 0 Å². The normalized spacial score (nSPS) is 27.7. The molecule has 4 N–H and O–H groups in total. The monoisotopic (exact) mass is 453 g/mol. The highest BCUT2D eigenvalue weighted by Gasteiger charge is 2.53. The molecule has 0 radical (unpaired) electrons. The number of aromatic nitrogens is 2. The first-order chi connectivity index (χ1) is 16.5. The van der Waals surface area contributed by atoms with E-state index < -0.39 is 11.8 Å². The molecule has 0 spiro atoms. The van der Waals surface area contributed by atoms with Crippen LogP contribution in [0.25, 0.3) is 43.6 Å². The number of nitrogens with one attached hydrogen (secondary N) is 1. The zero-order valence-electron chi connectivity index (χ0n) is 19.0. The van der Waals surface area contributed by atoms with Crippen molar-refractivity contribution in [1.82, 2.24) is 14.5 Å². The largest absolute Gasteiger partial charge is 0.382 e. The standard InChI is InChI=1S/C27H24N4O3/c1-27-25(32)16(28-2)11-19(34-27)30-17-9-5-3-7-13(17)21-22-15(12-29-26(22)33)20-14-8-4-6-10-18(14)31(27)24(20)23(21)30/h3-10,16,19,25,28,32H,11-12H2,1-2H3,(H,29,33)/p+1/t16-,19-,25-,27+/m1/s1. The molecule has 3 aliphatic heterocycles. The lowest BCUT2D eigenvalue weighted by molar-refractivity contribution is -0.683. The minimum Gasteiger partial charge on any atom is -0.382 e. The number of nitrogens with two attached hydrogens (primary N) is 1. The first kappa shape index (κ1) is 19.0. The van der Waals surface area contributed by atoms with Crippen molar-refractivity contribution in [1.29, 1.82) is 0 Å². The molecule has 2 bridgehead atoms. The number of ether oxygens (including phenoxy) is 1. The molecule has 7 heteroatoms. The van der Waals surface area contributed by atoms with E-state index in [-0.39, 0.29) is 18.2 Å². The molecule has 170 valence electrons. The molecule has 2 aromatic heterocycles. The van der Waals surface area contributed by atoms with E-state index in [0.29, 0.717) is 13.0 Å². The fraction of sp³-hybridized carbons (Fsp3) is 0.296. The van der Waals surface area contributed by atoms with E-state index in [1.807, 2.05) is 38.2 Å². The summed E-state index contributed by atoms with van der Waals surface area (Å²) in [5.74, 6) is -0.0178. The Morgan fingerprint density at radius 2 is 1.76 bits per heavy atom. The van der Waals surface area contributed by atoms with Gasteiger partial charge in [0.1, 0.15) is 12.3 Å². The van der Waals surface area contributed by atoms with Gasteiger partial charge in [-0.05, 0) is 24.6 Å². The molecule has 3 aromatic carbocycles. The molecule has 8 rings (SSSR count). The van der Waals surface area contributed by atoms with Crippen LogP contribution in [0.4, 0.5) is 0 Å². The number of nitrogens with zero attached hydrogens (tertiary/aromatic N) is 2. The lowest BCUT2D eigenvalue weighted by Gasteiger charge is -2.45. The average molecular weight is 454 g/mol. The van der Waals surface area contributed by atoms with E-state index in [2.05, 4.69) is 44.0 Å². The number of hydrogen-bond donors (Lipinski definition) is 3. The number of fused-ring (bicyclic) bond motifs is 13. The van der Waals surface area contributed by atoms with Crippen LogP contribution in [0.1, 0.15) is 35.5 Å². The van der Waals surface area contributed by atoms with Crippen LogP contribution in [0.15, 0.2) is 48.5 Å². The third-order valence-corrected chi connectivity index (χ3v) is 8.48.